The van der Waals surface area contributed by atoms with Crippen LogP contribution in [0.4, 0.5) is 15.6 Å². The number of rotatable bonds is 5. The van der Waals surface area contributed by atoms with Crippen molar-refractivity contribution in [3.63, 3.8) is 0 Å². The molecule has 9 nitrogen and oxygen atoms in total. The van der Waals surface area contributed by atoms with E-state index in [1.54, 1.807) is 29.6 Å². The third kappa shape index (κ3) is 4.74. The maximum Gasteiger partial charge on any atom is 0.407 e. The van der Waals surface area contributed by atoms with Gasteiger partial charge in [-0.2, -0.15) is 0 Å². The highest BCUT2D eigenvalue weighted by atomic mass is 32.2. The van der Waals surface area contributed by atoms with Gasteiger partial charge in [0.15, 0.2) is 5.13 Å². The molecule has 0 spiro atoms. The molecular formula is C16H18N4O5S2. The average molecular weight is 410 g/mol. The lowest BCUT2D eigenvalue weighted by molar-refractivity contribution is -0.119. The summed E-state index contributed by atoms with van der Waals surface area (Å²) in [6.07, 6.45) is 1.12. The highest BCUT2D eigenvalue weighted by molar-refractivity contribution is 7.92. The van der Waals surface area contributed by atoms with E-state index in [2.05, 4.69) is 15.0 Å². The van der Waals surface area contributed by atoms with Crippen LogP contribution in [-0.2, 0) is 14.8 Å². The second-order valence-electron chi connectivity index (χ2n) is 6.11. The summed E-state index contributed by atoms with van der Waals surface area (Å²) in [4.78, 5) is 29.0. The maximum absolute atomic E-state index is 12.3. The summed E-state index contributed by atoms with van der Waals surface area (Å²) >= 11 is 1.23. The zero-order chi connectivity index (χ0) is 19.6. The minimum atomic E-state index is -3.34. The van der Waals surface area contributed by atoms with Gasteiger partial charge < -0.3 is 10.4 Å². The molecule has 3 N–H and O–H groups in total. The molecule has 1 aliphatic rings. The quantitative estimate of drug-likeness (QED) is 0.693. The smallest absolute Gasteiger partial charge is 0.407 e. The lowest BCUT2D eigenvalue weighted by Gasteiger charge is -2.19. The van der Waals surface area contributed by atoms with Gasteiger partial charge in [0.1, 0.15) is 6.04 Å². The average Bonchev–Trinajstić information content (AvgIpc) is 3.23. The van der Waals surface area contributed by atoms with Crippen molar-refractivity contribution in [2.75, 3.05) is 22.8 Å². The van der Waals surface area contributed by atoms with Crippen LogP contribution in [0.2, 0.25) is 0 Å². The fraction of sp³-hybridized carbons (Fsp3) is 0.312. The van der Waals surface area contributed by atoms with Gasteiger partial charge in [-0.3, -0.25) is 14.4 Å². The molecule has 1 unspecified atom stereocenters. The van der Waals surface area contributed by atoms with E-state index in [0.29, 0.717) is 35.9 Å². The van der Waals surface area contributed by atoms with Crippen molar-refractivity contribution < 1.29 is 23.1 Å². The van der Waals surface area contributed by atoms with Crippen LogP contribution in [0, 0.1) is 0 Å². The molecule has 1 atom stereocenters. The van der Waals surface area contributed by atoms with E-state index in [1.807, 2.05) is 0 Å². The summed E-state index contributed by atoms with van der Waals surface area (Å²) in [5.41, 5.74) is 1.83. The summed E-state index contributed by atoms with van der Waals surface area (Å²) in [5, 5.41) is 13.9. The first-order valence-electron chi connectivity index (χ1n) is 8.07. The third-order valence-corrected chi connectivity index (χ3v) is 5.38. The lowest BCUT2D eigenvalue weighted by atomic mass is 10.1. The minimum absolute atomic E-state index is 0.352. The number of aromatic nitrogens is 1. The van der Waals surface area contributed by atoms with Crippen LogP contribution >= 0.6 is 11.3 Å². The standard InChI is InChI=1S/C16H18N4O5S2/c1-27(24,25)19-11-6-4-10(5-7-11)12-9-26-15(17-12)18-14(21)13-3-2-8-20(13)16(22)23/h4-7,9,13,19H,2-3,8H2,1H3,(H,22,23)(H,17,18,21). The van der Waals surface area contributed by atoms with E-state index < -0.39 is 22.2 Å². The Morgan fingerprint density at radius 3 is 2.63 bits per heavy atom. The molecule has 1 aromatic carbocycles. The second-order valence-corrected chi connectivity index (χ2v) is 8.72. The molecule has 1 aromatic heterocycles. The van der Waals surface area contributed by atoms with Gasteiger partial charge in [0.25, 0.3) is 0 Å². The third-order valence-electron chi connectivity index (χ3n) is 4.02. The predicted octanol–water partition coefficient (Wildman–Crippen LogP) is 2.26. The van der Waals surface area contributed by atoms with E-state index in [9.17, 15) is 18.0 Å². The van der Waals surface area contributed by atoms with Crippen molar-refractivity contribution >= 4 is 44.2 Å². The van der Waals surface area contributed by atoms with Crippen LogP contribution in [0.15, 0.2) is 29.6 Å². The number of benzene rings is 1. The van der Waals surface area contributed by atoms with Crippen molar-refractivity contribution in [2.24, 2.45) is 0 Å². The molecule has 27 heavy (non-hydrogen) atoms. The van der Waals surface area contributed by atoms with E-state index in [0.717, 1.165) is 16.7 Å². The van der Waals surface area contributed by atoms with Crippen molar-refractivity contribution in [1.82, 2.24) is 9.88 Å². The van der Waals surface area contributed by atoms with Gasteiger partial charge in [0, 0.05) is 23.2 Å². The van der Waals surface area contributed by atoms with Crippen LogP contribution in [0.25, 0.3) is 11.3 Å². The number of carboxylic acid groups (broad SMARTS) is 1. The number of hydrogen-bond acceptors (Lipinski definition) is 6. The van der Waals surface area contributed by atoms with Crippen molar-refractivity contribution in [3.8, 4) is 11.3 Å². The van der Waals surface area contributed by atoms with Crippen molar-refractivity contribution in [1.29, 1.82) is 0 Å². The van der Waals surface area contributed by atoms with Crippen LogP contribution < -0.4 is 10.0 Å². The topological polar surface area (TPSA) is 129 Å². The van der Waals surface area contributed by atoms with E-state index in [4.69, 9.17) is 5.11 Å². The Balaban J connectivity index is 1.68. The molecule has 2 amide bonds. The number of hydrogen-bond donors (Lipinski definition) is 3. The number of anilines is 2. The SMILES string of the molecule is CS(=O)(=O)Nc1ccc(-c2csc(NC(=O)C3CCCN3C(=O)O)n2)cc1. The second kappa shape index (κ2) is 7.53. The number of carbonyl (C=O) groups is 2. The van der Waals surface area contributed by atoms with Crippen LogP contribution in [0.5, 0.6) is 0 Å². The Morgan fingerprint density at radius 2 is 2.00 bits per heavy atom. The Labute approximate surface area is 160 Å². The molecule has 144 valence electrons. The first-order chi connectivity index (χ1) is 12.7. The largest absolute Gasteiger partial charge is 0.465 e. The first kappa shape index (κ1) is 19.1. The Kier molecular flexibility index (Phi) is 5.33. The van der Waals surface area contributed by atoms with E-state index >= 15 is 0 Å². The predicted molar refractivity (Wildman–Crippen MR) is 102 cm³/mol. The lowest BCUT2D eigenvalue weighted by Crippen LogP contribution is -2.42. The Bertz CT molecular complexity index is 955. The number of thiazole rings is 1. The van der Waals surface area contributed by atoms with Gasteiger partial charge in [-0.05, 0) is 25.0 Å². The number of sulfonamides is 1. The Morgan fingerprint density at radius 1 is 1.30 bits per heavy atom. The molecule has 2 heterocycles. The van der Waals surface area contributed by atoms with Crippen molar-refractivity contribution in [3.05, 3.63) is 29.6 Å². The molecule has 1 saturated heterocycles. The summed E-state index contributed by atoms with van der Waals surface area (Å²) in [6.45, 7) is 0.352. The highest BCUT2D eigenvalue weighted by Gasteiger charge is 2.34. The van der Waals surface area contributed by atoms with Gasteiger partial charge in [-0.25, -0.2) is 18.2 Å². The normalized spacial score (nSPS) is 16.9. The molecule has 1 aliphatic heterocycles. The van der Waals surface area contributed by atoms with Gasteiger partial charge >= 0.3 is 6.09 Å². The molecular weight excluding hydrogens is 392 g/mol. The molecule has 0 bridgehead atoms. The van der Waals surface area contributed by atoms with Gasteiger partial charge in [-0.1, -0.05) is 12.1 Å². The molecule has 2 aromatic rings. The summed E-state index contributed by atoms with van der Waals surface area (Å²) < 4.78 is 24.8. The monoisotopic (exact) mass is 410 g/mol. The molecule has 11 heteroatoms. The minimum Gasteiger partial charge on any atom is -0.465 e. The zero-order valence-electron chi connectivity index (χ0n) is 14.4. The summed E-state index contributed by atoms with van der Waals surface area (Å²) in [6, 6.07) is 5.99. The molecule has 0 aliphatic carbocycles. The van der Waals surface area contributed by atoms with E-state index in [1.165, 1.54) is 11.3 Å². The first-order valence-corrected chi connectivity index (χ1v) is 10.8. The number of likely N-dealkylation sites (tertiary alicyclic amines) is 1. The molecule has 0 radical (unpaired) electrons. The van der Waals surface area contributed by atoms with Crippen LogP contribution in [0.3, 0.4) is 0 Å². The van der Waals surface area contributed by atoms with E-state index in [-0.39, 0.29) is 5.91 Å². The van der Waals surface area contributed by atoms with Crippen molar-refractivity contribution in [2.45, 2.75) is 18.9 Å². The number of amides is 2. The fourth-order valence-electron chi connectivity index (χ4n) is 2.84. The fourth-order valence-corrected chi connectivity index (χ4v) is 4.13. The van der Waals surface area contributed by atoms with Crippen LogP contribution in [-0.4, -0.2) is 54.3 Å². The number of nitrogens with zero attached hydrogens (tertiary/aromatic N) is 2. The zero-order valence-corrected chi connectivity index (χ0v) is 16.0. The summed E-state index contributed by atoms with van der Waals surface area (Å²) in [5.74, 6) is -0.386. The van der Waals surface area contributed by atoms with Gasteiger partial charge in [0.05, 0.1) is 11.9 Å². The Hall–Kier alpha value is -2.66. The maximum atomic E-state index is 12.3. The number of nitrogens with one attached hydrogen (secondary N) is 2. The molecule has 1 fully saturated rings. The highest BCUT2D eigenvalue weighted by Crippen LogP contribution is 2.27. The van der Waals surface area contributed by atoms with Gasteiger partial charge in [-0.15, -0.1) is 11.3 Å². The molecule has 0 saturated carbocycles. The van der Waals surface area contributed by atoms with Gasteiger partial charge in [0.2, 0.25) is 15.9 Å². The molecule has 3 rings (SSSR count). The van der Waals surface area contributed by atoms with Crippen LogP contribution in [0.1, 0.15) is 12.8 Å². The number of carbonyl (C=O) groups excluding carboxylic acids is 1. The summed E-state index contributed by atoms with van der Waals surface area (Å²) in [7, 11) is -3.34.